The van der Waals surface area contributed by atoms with Gasteiger partial charge in [0.05, 0.1) is 51.5 Å². The number of aliphatic hydroxyl groups excluding tert-OH is 4. The summed E-state index contributed by atoms with van der Waals surface area (Å²) in [4.78, 5) is 139. The number of ketones is 2. The maximum Gasteiger partial charge on any atom is 0.348 e. The molecule has 4 unspecified atom stereocenters. The van der Waals surface area contributed by atoms with Crippen molar-refractivity contribution in [2.75, 3.05) is 27.4 Å². The number of ether oxygens (including phenoxy) is 10. The summed E-state index contributed by atoms with van der Waals surface area (Å²) in [6.45, 7) is 16.3. The zero-order valence-corrected chi connectivity index (χ0v) is 48.3. The number of hydrogen-bond acceptors (Lipinski definition) is 24. The van der Waals surface area contributed by atoms with E-state index in [1.54, 1.807) is 27.7 Å². The molecule has 0 aromatic rings. The molecule has 2 spiro atoms. The van der Waals surface area contributed by atoms with E-state index in [1.165, 1.54) is 26.0 Å². The van der Waals surface area contributed by atoms with Gasteiger partial charge < -0.3 is 67.8 Å². The van der Waals surface area contributed by atoms with Gasteiger partial charge in [-0.05, 0) is 86.2 Å². The molecule has 0 radical (unpaired) electrons. The summed E-state index contributed by atoms with van der Waals surface area (Å²) in [6, 6.07) is 0. The smallest absolute Gasteiger partial charge is 0.348 e. The van der Waals surface area contributed by atoms with E-state index < -0.39 is 221 Å². The van der Waals surface area contributed by atoms with Gasteiger partial charge in [-0.3, -0.25) is 19.2 Å². The predicted molar refractivity (Wildman–Crippen MR) is 275 cm³/mol. The molecule has 83 heavy (non-hydrogen) atoms. The van der Waals surface area contributed by atoms with Crippen LogP contribution in [0.5, 0.6) is 0 Å². The first kappa shape index (κ1) is 60.0. The molecule has 6 aliphatic carbocycles. The van der Waals surface area contributed by atoms with Crippen LogP contribution in [-0.4, -0.2) is 167 Å². The van der Waals surface area contributed by atoms with Gasteiger partial charge in [-0.15, -0.1) is 0 Å². The highest BCUT2D eigenvalue weighted by molar-refractivity contribution is 6.02. The molecular weight excluding hydrogens is 1090 g/mol. The lowest BCUT2D eigenvalue weighted by Gasteiger charge is -2.67. The van der Waals surface area contributed by atoms with E-state index >= 15 is 0 Å². The van der Waals surface area contributed by atoms with Crippen LogP contribution in [-0.2, 0) is 95.3 Å². The fourth-order valence-corrected chi connectivity index (χ4v) is 17.4. The highest BCUT2D eigenvalue weighted by atomic mass is 16.6. The van der Waals surface area contributed by atoms with Gasteiger partial charge in [0.15, 0.2) is 23.1 Å². The van der Waals surface area contributed by atoms with Crippen LogP contribution in [0.3, 0.4) is 0 Å². The van der Waals surface area contributed by atoms with Crippen molar-refractivity contribution in [2.45, 2.75) is 161 Å². The molecular formula is C59H72O24. The molecule has 4 bridgehead atoms. The number of carbonyl (C=O) groups excluding carboxylic acids is 10. The van der Waals surface area contributed by atoms with Gasteiger partial charge >= 0.3 is 47.8 Å². The average molecular weight is 1170 g/mol. The van der Waals surface area contributed by atoms with Crippen molar-refractivity contribution in [1.82, 2.24) is 0 Å². The SMILES string of the molecule is COC(=O)[C@@]12OCC34[C@H]1C(OC(=O)/C=C(\C)C(C)C)C(=O)O[C@@H]3C[C@H]1C(C)=C(OC(=O)CC(=O)OC3=C(C)[C@@H]5C[C@H]6OC(=O)C(OC(=O)/C=C(\C)C(C)C)[C@@H]7C68CO[C@@]7(C(=O)OC)[C@@H](O)[C@H](O)[C@@H]8[C@@]5(C)CC3=O)C(=O)C[C@]1(C)[C@H]4[C@@H](O)[C@@H]2O. The number of methoxy groups -OCH3 is 2. The Kier molecular flexibility index (Phi) is 14.6. The molecule has 0 amide bonds. The molecule has 4 aliphatic heterocycles. The summed E-state index contributed by atoms with van der Waals surface area (Å²) in [5, 5.41) is 48.7. The quantitative estimate of drug-likeness (QED) is 0.0934. The first-order valence-corrected chi connectivity index (χ1v) is 28.1. The molecule has 4 saturated carbocycles. The molecule has 4 saturated heterocycles. The van der Waals surface area contributed by atoms with Crippen molar-refractivity contribution in [2.24, 2.45) is 69.0 Å². The van der Waals surface area contributed by atoms with E-state index in [0.717, 1.165) is 14.2 Å². The Morgan fingerprint density at radius 2 is 0.940 bits per heavy atom. The maximum atomic E-state index is 14.4. The summed E-state index contributed by atoms with van der Waals surface area (Å²) in [5.74, 6) is -18.4. The molecule has 0 aromatic heterocycles. The number of allylic oxidation sites excluding steroid dienone is 6. The Labute approximate surface area is 477 Å². The minimum Gasteiger partial charge on any atom is -0.467 e. The monoisotopic (exact) mass is 1160 g/mol. The molecule has 10 rings (SSSR count). The third-order valence-electron chi connectivity index (χ3n) is 21.3. The highest BCUT2D eigenvalue weighted by Crippen LogP contribution is 2.75. The van der Waals surface area contributed by atoms with Crippen LogP contribution in [0, 0.1) is 69.0 Å². The second-order valence-electron chi connectivity index (χ2n) is 25.7. The summed E-state index contributed by atoms with van der Waals surface area (Å²) in [7, 11) is 2.06. The number of esters is 8. The molecule has 24 heteroatoms. The number of aliphatic hydroxyl groups is 4. The van der Waals surface area contributed by atoms with Gasteiger partial charge in [-0.2, -0.15) is 0 Å². The third kappa shape index (κ3) is 8.10. The lowest BCUT2D eigenvalue weighted by Crippen LogP contribution is -2.79. The number of carbonyl (C=O) groups is 10. The van der Waals surface area contributed by atoms with E-state index in [4.69, 9.17) is 47.4 Å². The van der Waals surface area contributed by atoms with E-state index in [1.807, 2.05) is 27.7 Å². The number of Topliss-reactive ketones (excluding diaryl/α,β-unsaturated/α-hetero) is 2. The van der Waals surface area contributed by atoms with Crippen molar-refractivity contribution in [3.05, 3.63) is 46.0 Å². The lowest BCUT2D eigenvalue weighted by molar-refractivity contribution is -0.290. The van der Waals surface area contributed by atoms with E-state index in [0.29, 0.717) is 11.1 Å². The van der Waals surface area contributed by atoms with Crippen molar-refractivity contribution in [3.8, 4) is 0 Å². The van der Waals surface area contributed by atoms with Gasteiger partial charge in [0, 0.05) is 47.7 Å². The minimum absolute atomic E-state index is 0.0802. The summed E-state index contributed by atoms with van der Waals surface area (Å²) in [6.07, 6.45) is -13.7. The van der Waals surface area contributed by atoms with Crippen molar-refractivity contribution in [3.63, 3.8) is 0 Å². The Hall–Kier alpha value is -6.18. The van der Waals surface area contributed by atoms with Crippen molar-refractivity contribution >= 4 is 59.3 Å². The topological polar surface area (TPSA) is 344 Å². The molecule has 4 heterocycles. The van der Waals surface area contributed by atoms with Gasteiger partial charge in [-0.1, -0.05) is 52.7 Å². The van der Waals surface area contributed by atoms with Crippen LogP contribution >= 0.6 is 0 Å². The largest absolute Gasteiger partial charge is 0.467 e. The first-order chi connectivity index (χ1) is 38.8. The number of fused-ring (bicyclic) bond motifs is 4. The van der Waals surface area contributed by atoms with E-state index in [-0.39, 0.29) is 35.8 Å². The Morgan fingerprint density at radius 1 is 0.590 bits per heavy atom. The van der Waals surface area contributed by atoms with Crippen molar-refractivity contribution < 1.29 is 116 Å². The molecule has 452 valence electrons. The van der Waals surface area contributed by atoms with E-state index in [2.05, 4.69) is 0 Å². The zero-order valence-electron chi connectivity index (χ0n) is 48.3. The molecule has 0 aromatic carbocycles. The van der Waals surface area contributed by atoms with Gasteiger partial charge in [0.1, 0.15) is 30.8 Å². The Morgan fingerprint density at radius 3 is 1.27 bits per heavy atom. The minimum atomic E-state index is -2.42. The number of rotatable bonds is 12. The summed E-state index contributed by atoms with van der Waals surface area (Å²) in [5.41, 5.74) is -9.09. The molecule has 4 N–H and O–H groups in total. The summed E-state index contributed by atoms with van der Waals surface area (Å²) >= 11 is 0. The predicted octanol–water partition coefficient (Wildman–Crippen LogP) is 1.68. The first-order valence-electron chi connectivity index (χ1n) is 28.1. The highest BCUT2D eigenvalue weighted by Gasteiger charge is 2.87. The van der Waals surface area contributed by atoms with Crippen molar-refractivity contribution in [1.29, 1.82) is 0 Å². The second kappa shape index (κ2) is 20.2. The fraction of sp³-hybridized carbons (Fsp3) is 0.695. The average Bonchev–Trinajstić information content (AvgIpc) is 1.96. The third-order valence-corrected chi connectivity index (χ3v) is 21.3. The van der Waals surface area contributed by atoms with Gasteiger partial charge in [0.25, 0.3) is 0 Å². The van der Waals surface area contributed by atoms with Crippen LogP contribution in [0.4, 0.5) is 0 Å². The van der Waals surface area contributed by atoms with Gasteiger partial charge in [0.2, 0.25) is 23.4 Å². The number of hydrogen-bond donors (Lipinski definition) is 4. The fourth-order valence-electron chi connectivity index (χ4n) is 17.4. The molecule has 24 nitrogen and oxygen atoms in total. The van der Waals surface area contributed by atoms with Gasteiger partial charge in [-0.25, -0.2) is 28.8 Å². The zero-order chi connectivity index (χ0) is 60.9. The van der Waals surface area contributed by atoms with E-state index in [9.17, 15) is 68.4 Å². The second-order valence-corrected chi connectivity index (χ2v) is 25.7. The molecule has 10 aliphatic rings. The van der Waals surface area contributed by atoms with Crippen LogP contribution in [0.1, 0.15) is 101 Å². The molecule has 8 fully saturated rings. The Balaban J connectivity index is 0.904. The van der Waals surface area contributed by atoms with Crippen LogP contribution < -0.4 is 0 Å². The Bertz CT molecular complexity index is 2840. The standard InChI is InChI=1S/C59H72O24/c1-22(2)24(5)13-34(62)82-42-46-56-20-76-58(46,52(72)74-11)48(68)38(66)44(56)54(9)18-30(60)40(26(7)28(54)15-32(56)78-50(42)70)80-36(64)17-37(65)81-41-27(8)29-16-33-57-21-77-59(53(73)75-12,49(69)39(67)45(57)55(29,10)19-31(41)61)47(57)43(51(71)79-33)83-35(63)14-25(6)23(3)4/h13-14,22-23,28-29,32-33,38-39,42-49,66-69H,15-21H2,1-12H3/b24-13+,25-14+/t28-,29-,32+,33+,38+,39+,42?,43?,44+,45+,46+,47+,48-,49-,54-,55-,56?,57?,58+,59+/m0/s1. The molecule has 20 atom stereocenters. The van der Waals surface area contributed by atoms with Crippen LogP contribution in [0.15, 0.2) is 46.0 Å². The van der Waals surface area contributed by atoms with Crippen LogP contribution in [0.2, 0.25) is 0 Å². The normalized spacial score (nSPS) is 43.0. The summed E-state index contributed by atoms with van der Waals surface area (Å²) < 4.78 is 57.8. The van der Waals surface area contributed by atoms with Crippen LogP contribution in [0.25, 0.3) is 0 Å². The lowest BCUT2D eigenvalue weighted by atomic mass is 9.38. The maximum absolute atomic E-state index is 14.4.